The van der Waals surface area contributed by atoms with Crippen LogP contribution in [0, 0.1) is 22.7 Å². The van der Waals surface area contributed by atoms with Crippen molar-refractivity contribution in [1.82, 2.24) is 4.90 Å². The van der Waals surface area contributed by atoms with E-state index in [2.05, 4.69) is 18.0 Å². The van der Waals surface area contributed by atoms with E-state index in [0.717, 1.165) is 25.3 Å². The molecule has 0 radical (unpaired) electrons. The molecule has 0 spiro atoms. The van der Waals surface area contributed by atoms with Crippen LogP contribution < -0.4 is 0 Å². The smallest absolute Gasteiger partial charge is 0.0683 e. The summed E-state index contributed by atoms with van der Waals surface area (Å²) >= 11 is 0. The van der Waals surface area contributed by atoms with Gasteiger partial charge in [-0.25, -0.2) is 0 Å². The molecule has 0 atom stereocenters. The largest absolute Gasteiger partial charge is 0.306 e. The van der Waals surface area contributed by atoms with Crippen LogP contribution in [0.1, 0.15) is 52.4 Å². The van der Waals surface area contributed by atoms with Gasteiger partial charge in [-0.15, -0.1) is 0 Å². The lowest BCUT2D eigenvalue weighted by Gasteiger charge is -2.22. The van der Waals surface area contributed by atoms with Gasteiger partial charge in [0, 0.05) is 6.54 Å². The van der Waals surface area contributed by atoms with E-state index in [1.54, 1.807) is 0 Å². The van der Waals surface area contributed by atoms with E-state index in [1.807, 2.05) is 13.8 Å². The maximum atomic E-state index is 8.93. The van der Waals surface area contributed by atoms with Crippen LogP contribution in [0.15, 0.2) is 0 Å². The molecule has 0 aliphatic heterocycles. The molecular formula is C14H26N2. The molecule has 1 rings (SSSR count). The monoisotopic (exact) mass is 222 g/mol. The summed E-state index contributed by atoms with van der Waals surface area (Å²) in [5, 5.41) is 8.93. The van der Waals surface area contributed by atoms with Crippen LogP contribution in [0.3, 0.4) is 0 Å². The van der Waals surface area contributed by atoms with E-state index >= 15 is 0 Å². The molecule has 0 N–H and O–H groups in total. The van der Waals surface area contributed by atoms with E-state index in [9.17, 15) is 0 Å². The first-order chi connectivity index (χ1) is 7.53. The van der Waals surface area contributed by atoms with Crippen LogP contribution in [-0.2, 0) is 0 Å². The van der Waals surface area contributed by atoms with Crippen LogP contribution >= 0.6 is 0 Å². The third-order valence-corrected chi connectivity index (χ3v) is 3.69. The van der Waals surface area contributed by atoms with Gasteiger partial charge in [0.2, 0.25) is 0 Å². The molecule has 1 aliphatic carbocycles. The highest BCUT2D eigenvalue weighted by atomic mass is 15.1. The summed E-state index contributed by atoms with van der Waals surface area (Å²) in [5.74, 6) is 0.939. The zero-order chi connectivity index (χ0) is 12.0. The summed E-state index contributed by atoms with van der Waals surface area (Å²) in [4.78, 5) is 2.45. The summed E-state index contributed by atoms with van der Waals surface area (Å²) in [6.45, 7) is 6.46. The van der Waals surface area contributed by atoms with Gasteiger partial charge in [0.1, 0.15) is 0 Å². The van der Waals surface area contributed by atoms with Crippen molar-refractivity contribution in [2.45, 2.75) is 52.4 Å². The molecule has 1 saturated carbocycles. The molecule has 2 heteroatoms. The average molecular weight is 222 g/mol. The third-order valence-electron chi connectivity index (χ3n) is 3.69. The summed E-state index contributed by atoms with van der Waals surface area (Å²) in [6, 6.07) is 2.37. The van der Waals surface area contributed by atoms with E-state index in [4.69, 9.17) is 5.26 Å². The second-order valence-electron chi connectivity index (χ2n) is 6.01. The Bertz CT molecular complexity index is 234. The van der Waals surface area contributed by atoms with Crippen LogP contribution in [0.5, 0.6) is 0 Å². The minimum absolute atomic E-state index is 0.145. The Morgan fingerprint density at radius 3 is 2.50 bits per heavy atom. The first kappa shape index (κ1) is 13.5. The first-order valence-electron chi connectivity index (χ1n) is 6.63. The lowest BCUT2D eigenvalue weighted by molar-refractivity contribution is 0.262. The second kappa shape index (κ2) is 6.25. The van der Waals surface area contributed by atoms with Crippen LogP contribution in [0.25, 0.3) is 0 Å². The fourth-order valence-electron chi connectivity index (χ4n) is 2.57. The predicted octanol–water partition coefficient (Wildman–Crippen LogP) is 3.44. The van der Waals surface area contributed by atoms with Crippen LogP contribution in [-0.4, -0.2) is 25.0 Å². The lowest BCUT2D eigenvalue weighted by atomic mass is 9.90. The summed E-state index contributed by atoms with van der Waals surface area (Å²) in [7, 11) is 2.22. The topological polar surface area (TPSA) is 27.0 Å². The molecule has 0 aromatic rings. The molecule has 2 nitrogen and oxygen atoms in total. The van der Waals surface area contributed by atoms with E-state index in [-0.39, 0.29) is 5.41 Å². The summed E-state index contributed by atoms with van der Waals surface area (Å²) < 4.78 is 0. The lowest BCUT2D eigenvalue weighted by Crippen LogP contribution is -2.26. The maximum Gasteiger partial charge on any atom is 0.0683 e. The second-order valence-corrected chi connectivity index (χ2v) is 6.01. The molecule has 0 bridgehead atoms. The Kier molecular flexibility index (Phi) is 5.28. The van der Waals surface area contributed by atoms with Gasteiger partial charge in [0.05, 0.1) is 11.5 Å². The van der Waals surface area contributed by atoms with Crippen molar-refractivity contribution in [1.29, 1.82) is 5.26 Å². The minimum Gasteiger partial charge on any atom is -0.306 e. The van der Waals surface area contributed by atoms with E-state index in [1.165, 1.54) is 32.2 Å². The Morgan fingerprint density at radius 1 is 1.31 bits per heavy atom. The molecule has 0 aromatic carbocycles. The highest BCUT2D eigenvalue weighted by molar-refractivity contribution is 4.91. The third kappa shape index (κ3) is 4.99. The molecule has 0 aromatic heterocycles. The SMILES string of the molecule is CN(CCCC(C)(C)C#N)CC1CCCC1. The fourth-order valence-corrected chi connectivity index (χ4v) is 2.57. The van der Waals surface area contributed by atoms with Crippen molar-refractivity contribution in [3.05, 3.63) is 0 Å². The molecule has 92 valence electrons. The van der Waals surface area contributed by atoms with Gasteiger partial charge in [0.25, 0.3) is 0 Å². The maximum absolute atomic E-state index is 8.93. The normalized spacial score (nSPS) is 17.9. The van der Waals surface area contributed by atoms with Gasteiger partial charge in [-0.2, -0.15) is 5.26 Å². The summed E-state index contributed by atoms with van der Waals surface area (Å²) in [5.41, 5.74) is -0.145. The Morgan fingerprint density at radius 2 is 1.94 bits per heavy atom. The summed E-state index contributed by atoms with van der Waals surface area (Å²) in [6.07, 6.45) is 7.87. The van der Waals surface area contributed by atoms with Crippen molar-refractivity contribution in [2.24, 2.45) is 11.3 Å². The molecule has 0 amide bonds. The van der Waals surface area contributed by atoms with Crippen LogP contribution in [0.4, 0.5) is 0 Å². The van der Waals surface area contributed by atoms with Gasteiger partial charge in [0.15, 0.2) is 0 Å². The molecule has 0 unspecified atom stereocenters. The predicted molar refractivity (Wildman–Crippen MR) is 68.1 cm³/mol. The quantitative estimate of drug-likeness (QED) is 0.688. The highest BCUT2D eigenvalue weighted by Gasteiger charge is 2.18. The number of nitrogens with zero attached hydrogens (tertiary/aromatic N) is 2. The zero-order valence-corrected chi connectivity index (χ0v) is 11.1. The van der Waals surface area contributed by atoms with Crippen molar-refractivity contribution >= 4 is 0 Å². The van der Waals surface area contributed by atoms with Crippen molar-refractivity contribution in [3.63, 3.8) is 0 Å². The Balaban J connectivity index is 2.10. The standard InChI is InChI=1S/C14H26N2/c1-14(2,12-15)9-6-10-16(3)11-13-7-4-5-8-13/h13H,4-11H2,1-3H3. The zero-order valence-electron chi connectivity index (χ0n) is 11.1. The van der Waals surface area contributed by atoms with Gasteiger partial charge < -0.3 is 4.90 Å². The molecular weight excluding hydrogens is 196 g/mol. The Labute approximate surface area is 101 Å². The highest BCUT2D eigenvalue weighted by Crippen LogP contribution is 2.25. The number of hydrogen-bond donors (Lipinski definition) is 0. The minimum atomic E-state index is -0.145. The first-order valence-corrected chi connectivity index (χ1v) is 6.63. The van der Waals surface area contributed by atoms with Crippen molar-refractivity contribution in [3.8, 4) is 6.07 Å². The molecule has 0 heterocycles. The van der Waals surface area contributed by atoms with E-state index < -0.39 is 0 Å². The van der Waals surface area contributed by atoms with Crippen LogP contribution in [0.2, 0.25) is 0 Å². The van der Waals surface area contributed by atoms with Crippen molar-refractivity contribution in [2.75, 3.05) is 20.1 Å². The number of rotatable bonds is 6. The Hall–Kier alpha value is -0.550. The number of hydrogen-bond acceptors (Lipinski definition) is 2. The molecule has 0 saturated heterocycles. The van der Waals surface area contributed by atoms with Gasteiger partial charge in [-0.3, -0.25) is 0 Å². The fraction of sp³-hybridized carbons (Fsp3) is 0.929. The van der Waals surface area contributed by atoms with Gasteiger partial charge in [-0.05, 0) is 59.0 Å². The van der Waals surface area contributed by atoms with Gasteiger partial charge >= 0.3 is 0 Å². The molecule has 1 aliphatic rings. The molecule has 16 heavy (non-hydrogen) atoms. The molecule has 1 fully saturated rings. The number of nitriles is 1. The van der Waals surface area contributed by atoms with Crippen molar-refractivity contribution < 1.29 is 0 Å². The average Bonchev–Trinajstić information content (AvgIpc) is 2.70. The van der Waals surface area contributed by atoms with E-state index in [0.29, 0.717) is 0 Å². The van der Waals surface area contributed by atoms with Gasteiger partial charge in [-0.1, -0.05) is 12.8 Å².